The SMILES string of the molecule is CC1(C)[C@H](C(=O)O)[C@@H]1C(=O)NC1CCNCC1. The van der Waals surface area contributed by atoms with Crippen LogP contribution in [0.1, 0.15) is 26.7 Å². The van der Waals surface area contributed by atoms with Crippen LogP contribution >= 0.6 is 0 Å². The van der Waals surface area contributed by atoms with E-state index in [2.05, 4.69) is 10.6 Å². The first-order valence-corrected chi connectivity index (χ1v) is 6.18. The second-order valence-electron chi connectivity index (χ2n) is 5.65. The van der Waals surface area contributed by atoms with Crippen molar-refractivity contribution in [1.82, 2.24) is 10.6 Å². The van der Waals surface area contributed by atoms with E-state index in [0.29, 0.717) is 0 Å². The Balaban J connectivity index is 1.90. The second-order valence-corrected chi connectivity index (χ2v) is 5.65. The lowest BCUT2D eigenvalue weighted by molar-refractivity contribution is -0.140. The number of piperidine rings is 1. The summed E-state index contributed by atoms with van der Waals surface area (Å²) < 4.78 is 0. The monoisotopic (exact) mass is 240 g/mol. The van der Waals surface area contributed by atoms with Crippen LogP contribution in [0.3, 0.4) is 0 Å². The number of nitrogens with one attached hydrogen (secondary N) is 2. The average molecular weight is 240 g/mol. The molecular formula is C12H20N2O3. The van der Waals surface area contributed by atoms with Gasteiger partial charge in [0.25, 0.3) is 0 Å². The summed E-state index contributed by atoms with van der Waals surface area (Å²) in [5.74, 6) is -1.84. The molecule has 0 bridgehead atoms. The highest BCUT2D eigenvalue weighted by Gasteiger charge is 2.65. The van der Waals surface area contributed by atoms with Gasteiger partial charge in [-0.25, -0.2) is 0 Å². The summed E-state index contributed by atoms with van der Waals surface area (Å²) in [5.41, 5.74) is -0.400. The minimum absolute atomic E-state index is 0.0886. The lowest BCUT2D eigenvalue weighted by atomic mass is 10.1. The Kier molecular flexibility index (Phi) is 3.12. The second kappa shape index (κ2) is 4.29. The number of hydrogen-bond acceptors (Lipinski definition) is 3. The predicted molar refractivity (Wildman–Crippen MR) is 62.4 cm³/mol. The van der Waals surface area contributed by atoms with Crippen molar-refractivity contribution in [2.45, 2.75) is 32.7 Å². The van der Waals surface area contributed by atoms with Crippen LogP contribution in [-0.2, 0) is 9.59 Å². The van der Waals surface area contributed by atoms with E-state index in [4.69, 9.17) is 5.11 Å². The number of rotatable bonds is 3. The molecule has 0 aromatic carbocycles. The fraction of sp³-hybridized carbons (Fsp3) is 0.833. The molecule has 2 fully saturated rings. The molecule has 0 radical (unpaired) electrons. The largest absolute Gasteiger partial charge is 0.481 e. The molecule has 1 heterocycles. The molecule has 1 saturated heterocycles. The van der Waals surface area contributed by atoms with Crippen LogP contribution in [0, 0.1) is 17.3 Å². The first-order chi connectivity index (χ1) is 7.94. The van der Waals surface area contributed by atoms with Gasteiger partial charge in [-0.2, -0.15) is 0 Å². The van der Waals surface area contributed by atoms with Crippen LogP contribution in [0.2, 0.25) is 0 Å². The van der Waals surface area contributed by atoms with E-state index in [0.717, 1.165) is 25.9 Å². The van der Waals surface area contributed by atoms with E-state index >= 15 is 0 Å². The van der Waals surface area contributed by atoms with Gasteiger partial charge < -0.3 is 15.7 Å². The smallest absolute Gasteiger partial charge is 0.307 e. The van der Waals surface area contributed by atoms with E-state index in [1.54, 1.807) is 0 Å². The maximum atomic E-state index is 12.0. The molecule has 0 unspecified atom stereocenters. The highest BCUT2D eigenvalue weighted by Crippen LogP contribution is 2.58. The summed E-state index contributed by atoms with van der Waals surface area (Å²) in [7, 11) is 0. The molecule has 96 valence electrons. The summed E-state index contributed by atoms with van der Waals surface area (Å²) in [5, 5.41) is 15.2. The number of carbonyl (C=O) groups excluding carboxylic acids is 1. The molecular weight excluding hydrogens is 220 g/mol. The molecule has 1 aliphatic heterocycles. The summed E-state index contributed by atoms with van der Waals surface area (Å²) in [6, 6.07) is 0.203. The molecule has 2 rings (SSSR count). The van der Waals surface area contributed by atoms with Crippen molar-refractivity contribution in [3.8, 4) is 0 Å². The maximum absolute atomic E-state index is 12.0. The summed E-state index contributed by atoms with van der Waals surface area (Å²) >= 11 is 0. The summed E-state index contributed by atoms with van der Waals surface area (Å²) in [4.78, 5) is 23.0. The topological polar surface area (TPSA) is 78.4 Å². The predicted octanol–water partition coefficient (Wildman–Crippen LogP) is 0.211. The zero-order chi connectivity index (χ0) is 12.6. The number of carbonyl (C=O) groups is 2. The van der Waals surface area contributed by atoms with Crippen molar-refractivity contribution >= 4 is 11.9 Å². The molecule has 0 spiro atoms. The Hall–Kier alpha value is -1.10. The number of carboxylic acid groups (broad SMARTS) is 1. The van der Waals surface area contributed by atoms with Crippen molar-refractivity contribution in [3.63, 3.8) is 0 Å². The van der Waals surface area contributed by atoms with E-state index in [1.165, 1.54) is 0 Å². The van der Waals surface area contributed by atoms with Crippen molar-refractivity contribution in [1.29, 1.82) is 0 Å². The molecule has 2 aliphatic rings. The van der Waals surface area contributed by atoms with Crippen LogP contribution in [0.4, 0.5) is 0 Å². The normalized spacial score (nSPS) is 31.9. The van der Waals surface area contributed by atoms with Crippen molar-refractivity contribution in [2.75, 3.05) is 13.1 Å². The average Bonchev–Trinajstić information content (AvgIpc) is 2.83. The highest BCUT2D eigenvalue weighted by molar-refractivity contribution is 5.91. The van der Waals surface area contributed by atoms with Crippen LogP contribution in [0.15, 0.2) is 0 Å². The van der Waals surface area contributed by atoms with Crippen LogP contribution < -0.4 is 10.6 Å². The Morgan fingerprint density at radius 3 is 2.29 bits per heavy atom. The standard InChI is InChI=1S/C12H20N2O3/c1-12(2)8(9(12)11(16)17)10(15)14-7-3-5-13-6-4-7/h7-9,13H,3-6H2,1-2H3,(H,14,15)(H,16,17)/t8-,9+/m1/s1. The highest BCUT2D eigenvalue weighted by atomic mass is 16.4. The van der Waals surface area contributed by atoms with Crippen LogP contribution in [-0.4, -0.2) is 36.1 Å². The van der Waals surface area contributed by atoms with Gasteiger partial charge in [0, 0.05) is 6.04 Å². The number of hydrogen-bond donors (Lipinski definition) is 3. The van der Waals surface area contributed by atoms with Gasteiger partial charge in [0.1, 0.15) is 0 Å². The molecule has 5 nitrogen and oxygen atoms in total. The van der Waals surface area contributed by atoms with Gasteiger partial charge in [-0.3, -0.25) is 9.59 Å². The fourth-order valence-electron chi connectivity index (χ4n) is 2.85. The van der Waals surface area contributed by atoms with Gasteiger partial charge in [0.15, 0.2) is 0 Å². The first-order valence-electron chi connectivity index (χ1n) is 6.18. The molecule has 3 N–H and O–H groups in total. The third-order valence-corrected chi connectivity index (χ3v) is 4.06. The van der Waals surface area contributed by atoms with Gasteiger partial charge in [-0.05, 0) is 31.3 Å². The third kappa shape index (κ3) is 2.29. The van der Waals surface area contributed by atoms with Gasteiger partial charge in [-0.15, -0.1) is 0 Å². The lowest BCUT2D eigenvalue weighted by Gasteiger charge is -2.23. The summed E-state index contributed by atoms with van der Waals surface area (Å²) in [6.07, 6.45) is 1.85. The van der Waals surface area contributed by atoms with Crippen LogP contribution in [0.25, 0.3) is 0 Å². The van der Waals surface area contributed by atoms with E-state index in [1.807, 2.05) is 13.8 Å². The molecule has 2 atom stereocenters. The van der Waals surface area contributed by atoms with Crippen LogP contribution in [0.5, 0.6) is 0 Å². The fourth-order valence-corrected chi connectivity index (χ4v) is 2.85. The third-order valence-electron chi connectivity index (χ3n) is 4.06. The van der Waals surface area contributed by atoms with Gasteiger partial charge >= 0.3 is 5.97 Å². The Bertz CT molecular complexity index is 335. The van der Waals surface area contributed by atoms with Gasteiger partial charge in [0.05, 0.1) is 11.8 Å². The van der Waals surface area contributed by atoms with Crippen molar-refractivity contribution in [3.05, 3.63) is 0 Å². The van der Waals surface area contributed by atoms with Crippen molar-refractivity contribution in [2.24, 2.45) is 17.3 Å². The molecule has 1 aliphatic carbocycles. The Morgan fingerprint density at radius 1 is 1.24 bits per heavy atom. The first kappa shape index (κ1) is 12.4. The van der Waals surface area contributed by atoms with Gasteiger partial charge in [-0.1, -0.05) is 13.8 Å². The van der Waals surface area contributed by atoms with Gasteiger partial charge in [0.2, 0.25) is 5.91 Å². The minimum atomic E-state index is -0.861. The number of aliphatic carboxylic acids is 1. The quantitative estimate of drug-likeness (QED) is 0.659. The lowest BCUT2D eigenvalue weighted by Crippen LogP contribution is -2.43. The molecule has 5 heteroatoms. The zero-order valence-corrected chi connectivity index (χ0v) is 10.3. The minimum Gasteiger partial charge on any atom is -0.481 e. The molecule has 1 saturated carbocycles. The molecule has 0 aromatic heterocycles. The van der Waals surface area contributed by atoms with E-state index < -0.39 is 17.3 Å². The molecule has 1 amide bonds. The molecule has 17 heavy (non-hydrogen) atoms. The number of carboxylic acids is 1. The van der Waals surface area contributed by atoms with E-state index in [9.17, 15) is 9.59 Å². The Labute approximate surface area is 101 Å². The van der Waals surface area contributed by atoms with Crippen molar-refractivity contribution < 1.29 is 14.7 Å². The summed E-state index contributed by atoms with van der Waals surface area (Å²) in [6.45, 7) is 5.53. The van der Waals surface area contributed by atoms with E-state index in [-0.39, 0.29) is 17.9 Å². The number of amides is 1. The molecule has 0 aromatic rings. The maximum Gasteiger partial charge on any atom is 0.307 e. The zero-order valence-electron chi connectivity index (χ0n) is 10.3. The Morgan fingerprint density at radius 2 is 1.82 bits per heavy atom.